The molecule has 1 saturated heterocycles. The van der Waals surface area contributed by atoms with Crippen LogP contribution in [0.5, 0.6) is 0 Å². The number of nitrogens with zero attached hydrogens (tertiary/aromatic N) is 2. The van der Waals surface area contributed by atoms with Gasteiger partial charge >= 0.3 is 0 Å². The lowest BCUT2D eigenvalue weighted by Crippen LogP contribution is -2.48. The first-order valence-corrected chi connectivity index (χ1v) is 13.0. The molecular formula is C25H35N3O4S. The SMILES string of the molecule is CCN(CC)[C@@H](CNC(=O)c1ccc(S(=O)(=O)N2C[C@@H](C)O[C@@H](C)C2)cc1)c1ccccc1. The Morgan fingerprint density at radius 1 is 1.03 bits per heavy atom. The third-order valence-electron chi connectivity index (χ3n) is 6.03. The molecule has 2 aromatic rings. The summed E-state index contributed by atoms with van der Waals surface area (Å²) in [4.78, 5) is 15.3. The van der Waals surface area contributed by atoms with Crippen molar-refractivity contribution in [3.05, 3.63) is 65.7 Å². The predicted molar refractivity (Wildman–Crippen MR) is 130 cm³/mol. The van der Waals surface area contributed by atoms with E-state index in [1.807, 2.05) is 32.0 Å². The van der Waals surface area contributed by atoms with Crippen LogP contribution in [0.4, 0.5) is 0 Å². The van der Waals surface area contributed by atoms with Gasteiger partial charge in [-0.3, -0.25) is 9.69 Å². The van der Waals surface area contributed by atoms with Gasteiger partial charge < -0.3 is 10.1 Å². The smallest absolute Gasteiger partial charge is 0.251 e. The van der Waals surface area contributed by atoms with Gasteiger partial charge in [0.05, 0.1) is 23.1 Å². The van der Waals surface area contributed by atoms with Crippen molar-refractivity contribution in [2.24, 2.45) is 0 Å². The highest BCUT2D eigenvalue weighted by Gasteiger charge is 2.32. The zero-order valence-electron chi connectivity index (χ0n) is 19.9. The van der Waals surface area contributed by atoms with Gasteiger partial charge in [0.2, 0.25) is 10.0 Å². The molecule has 7 nitrogen and oxygen atoms in total. The summed E-state index contributed by atoms with van der Waals surface area (Å²) in [5.74, 6) is -0.222. The van der Waals surface area contributed by atoms with Crippen LogP contribution in [-0.4, -0.2) is 68.5 Å². The van der Waals surface area contributed by atoms with Gasteiger partial charge in [0.15, 0.2) is 0 Å². The third-order valence-corrected chi connectivity index (χ3v) is 7.88. The fraction of sp³-hybridized carbons (Fsp3) is 0.480. The predicted octanol–water partition coefficient (Wildman–Crippen LogP) is 3.30. The van der Waals surface area contributed by atoms with Crippen LogP contribution in [0.3, 0.4) is 0 Å². The quantitative estimate of drug-likeness (QED) is 0.605. The van der Waals surface area contributed by atoms with E-state index in [-0.39, 0.29) is 29.1 Å². The Bertz CT molecular complexity index is 998. The lowest BCUT2D eigenvalue weighted by molar-refractivity contribution is -0.0440. The molecule has 2 aromatic carbocycles. The normalized spacial score (nSPS) is 20.5. The van der Waals surface area contributed by atoms with E-state index in [0.29, 0.717) is 25.2 Å². The van der Waals surface area contributed by atoms with E-state index in [1.54, 1.807) is 12.1 Å². The Balaban J connectivity index is 1.69. The van der Waals surface area contributed by atoms with Crippen LogP contribution in [0.15, 0.2) is 59.5 Å². The Morgan fingerprint density at radius 3 is 2.15 bits per heavy atom. The summed E-state index contributed by atoms with van der Waals surface area (Å²) in [6, 6.07) is 16.4. The third kappa shape index (κ3) is 6.20. The second kappa shape index (κ2) is 11.2. The maximum absolute atomic E-state index is 13.0. The van der Waals surface area contributed by atoms with Crippen LogP contribution in [0.1, 0.15) is 49.7 Å². The molecule has 0 spiro atoms. The Labute approximate surface area is 197 Å². The monoisotopic (exact) mass is 473 g/mol. The average molecular weight is 474 g/mol. The van der Waals surface area contributed by atoms with E-state index < -0.39 is 10.0 Å². The summed E-state index contributed by atoms with van der Waals surface area (Å²) < 4.78 is 33.2. The molecule has 0 aromatic heterocycles. The largest absolute Gasteiger partial charge is 0.373 e. The molecule has 1 aliphatic rings. The summed E-state index contributed by atoms with van der Waals surface area (Å²) in [5, 5.41) is 3.02. The highest BCUT2D eigenvalue weighted by molar-refractivity contribution is 7.89. The van der Waals surface area contributed by atoms with Crippen molar-refractivity contribution in [3.8, 4) is 0 Å². The number of amides is 1. The summed E-state index contributed by atoms with van der Waals surface area (Å²) >= 11 is 0. The minimum Gasteiger partial charge on any atom is -0.373 e. The van der Waals surface area contributed by atoms with Crippen molar-refractivity contribution in [2.75, 3.05) is 32.7 Å². The lowest BCUT2D eigenvalue weighted by atomic mass is 10.0. The number of nitrogens with one attached hydrogen (secondary N) is 1. The molecule has 1 heterocycles. The number of rotatable bonds is 9. The minimum atomic E-state index is -3.64. The molecule has 180 valence electrons. The summed E-state index contributed by atoms with van der Waals surface area (Å²) in [6.07, 6.45) is -0.311. The van der Waals surface area contributed by atoms with E-state index in [1.165, 1.54) is 16.4 Å². The van der Waals surface area contributed by atoms with E-state index >= 15 is 0 Å². The molecule has 3 rings (SSSR count). The molecule has 8 heteroatoms. The second-order valence-electron chi connectivity index (χ2n) is 8.46. The molecule has 1 amide bonds. The summed E-state index contributed by atoms with van der Waals surface area (Å²) in [7, 11) is -3.64. The van der Waals surface area contributed by atoms with Crippen LogP contribution in [-0.2, 0) is 14.8 Å². The first-order valence-electron chi connectivity index (χ1n) is 11.6. The number of benzene rings is 2. The molecule has 1 fully saturated rings. The molecule has 33 heavy (non-hydrogen) atoms. The average Bonchev–Trinajstić information content (AvgIpc) is 2.81. The number of carbonyl (C=O) groups is 1. The van der Waals surface area contributed by atoms with Crippen LogP contribution in [0, 0.1) is 0 Å². The molecular weight excluding hydrogens is 438 g/mol. The fourth-order valence-electron chi connectivity index (χ4n) is 4.34. The van der Waals surface area contributed by atoms with Gasteiger partial charge in [-0.2, -0.15) is 4.31 Å². The first kappa shape index (κ1) is 25.4. The van der Waals surface area contributed by atoms with Crippen molar-refractivity contribution >= 4 is 15.9 Å². The fourth-order valence-corrected chi connectivity index (χ4v) is 5.93. The van der Waals surface area contributed by atoms with Crippen molar-refractivity contribution in [2.45, 2.75) is 50.8 Å². The van der Waals surface area contributed by atoms with E-state index in [2.05, 4.69) is 36.2 Å². The summed E-state index contributed by atoms with van der Waals surface area (Å²) in [6.45, 7) is 10.8. The van der Waals surface area contributed by atoms with Gasteiger partial charge in [-0.15, -0.1) is 0 Å². The van der Waals surface area contributed by atoms with Crippen molar-refractivity contribution in [3.63, 3.8) is 0 Å². The van der Waals surface area contributed by atoms with Crippen molar-refractivity contribution in [1.29, 1.82) is 0 Å². The molecule has 1 aliphatic heterocycles. The number of likely N-dealkylation sites (N-methyl/N-ethyl adjacent to an activating group) is 1. The molecule has 0 radical (unpaired) electrons. The molecule has 0 aliphatic carbocycles. The van der Waals surface area contributed by atoms with Crippen molar-refractivity contribution < 1.29 is 17.9 Å². The number of hydrogen-bond donors (Lipinski definition) is 1. The molecule has 3 atom stereocenters. The van der Waals surface area contributed by atoms with Crippen LogP contribution >= 0.6 is 0 Å². The van der Waals surface area contributed by atoms with E-state index in [0.717, 1.165) is 18.7 Å². The Kier molecular flexibility index (Phi) is 8.64. The molecule has 0 saturated carbocycles. The van der Waals surface area contributed by atoms with E-state index in [4.69, 9.17) is 4.74 Å². The summed E-state index contributed by atoms with van der Waals surface area (Å²) in [5.41, 5.74) is 1.58. The topological polar surface area (TPSA) is 79.0 Å². The van der Waals surface area contributed by atoms with Crippen molar-refractivity contribution in [1.82, 2.24) is 14.5 Å². The van der Waals surface area contributed by atoms with Gasteiger partial charge in [0.25, 0.3) is 5.91 Å². The van der Waals surface area contributed by atoms with Gasteiger partial charge in [-0.05, 0) is 56.8 Å². The lowest BCUT2D eigenvalue weighted by Gasteiger charge is -2.34. The Hall–Kier alpha value is -2.26. The van der Waals surface area contributed by atoms with Gasteiger partial charge in [0.1, 0.15) is 0 Å². The zero-order valence-corrected chi connectivity index (χ0v) is 20.7. The minimum absolute atomic E-state index is 0.0649. The van der Waals surface area contributed by atoms with Gasteiger partial charge in [-0.25, -0.2) is 8.42 Å². The van der Waals surface area contributed by atoms with Gasteiger partial charge in [-0.1, -0.05) is 44.2 Å². The van der Waals surface area contributed by atoms with Crippen LogP contribution in [0.25, 0.3) is 0 Å². The number of sulfonamides is 1. The van der Waals surface area contributed by atoms with Crippen LogP contribution < -0.4 is 5.32 Å². The zero-order chi connectivity index (χ0) is 24.0. The maximum Gasteiger partial charge on any atom is 0.251 e. The van der Waals surface area contributed by atoms with E-state index in [9.17, 15) is 13.2 Å². The van der Waals surface area contributed by atoms with Gasteiger partial charge in [0, 0.05) is 25.2 Å². The maximum atomic E-state index is 13.0. The highest BCUT2D eigenvalue weighted by atomic mass is 32.2. The second-order valence-corrected chi connectivity index (χ2v) is 10.4. The first-order chi connectivity index (χ1) is 15.8. The highest BCUT2D eigenvalue weighted by Crippen LogP contribution is 2.22. The number of carbonyl (C=O) groups excluding carboxylic acids is 1. The molecule has 0 unspecified atom stereocenters. The number of ether oxygens (including phenoxy) is 1. The molecule has 0 bridgehead atoms. The number of hydrogen-bond acceptors (Lipinski definition) is 5. The number of morpholine rings is 1. The molecule has 1 N–H and O–H groups in total. The standard InChI is InChI=1S/C25H35N3O4S/c1-5-27(6-2)24(21-10-8-7-9-11-21)16-26-25(29)22-12-14-23(15-13-22)33(30,31)28-17-19(3)32-20(4)18-28/h7-15,19-20,24H,5-6,16-18H2,1-4H3,(H,26,29)/t19-,20+,24-/m0/s1. The van der Waals surface area contributed by atoms with Crippen LogP contribution in [0.2, 0.25) is 0 Å². The Morgan fingerprint density at radius 2 is 1.61 bits per heavy atom.